The molecule has 0 saturated carbocycles. The molecule has 2 aromatic rings. The molecular weight excluding hydrogens is 326 g/mol. The van der Waals surface area contributed by atoms with Crippen molar-refractivity contribution in [2.75, 3.05) is 26.2 Å². The Morgan fingerprint density at radius 3 is 2.60 bits per heavy atom. The normalized spacial score (nSPS) is 15.2. The lowest BCUT2D eigenvalue weighted by Crippen LogP contribution is -2.39. The number of likely N-dealkylation sites (tertiary alicyclic amines) is 1. The Morgan fingerprint density at radius 1 is 1.32 bits per heavy atom. The van der Waals surface area contributed by atoms with Crippen molar-refractivity contribution < 1.29 is 19.1 Å². The highest BCUT2D eigenvalue weighted by Crippen LogP contribution is 2.16. The van der Waals surface area contributed by atoms with Crippen molar-refractivity contribution in [1.29, 1.82) is 0 Å². The van der Waals surface area contributed by atoms with Gasteiger partial charge < -0.3 is 24.3 Å². The first kappa shape index (κ1) is 18.7. The second-order valence-corrected chi connectivity index (χ2v) is 5.78. The summed E-state index contributed by atoms with van der Waals surface area (Å²) in [5.41, 5.74) is 0. The SMILES string of the molecule is O=C(NCC1CCN(CCn2cnnc2)CC1)c1ccco1.O=CO. The fraction of sp³-hybridized carbons (Fsp3) is 0.500. The summed E-state index contributed by atoms with van der Waals surface area (Å²) < 4.78 is 7.08. The summed E-state index contributed by atoms with van der Waals surface area (Å²) in [6, 6.07) is 3.41. The van der Waals surface area contributed by atoms with Gasteiger partial charge in [-0.25, -0.2) is 0 Å². The molecule has 3 heterocycles. The van der Waals surface area contributed by atoms with Crippen LogP contribution >= 0.6 is 0 Å². The van der Waals surface area contributed by atoms with Gasteiger partial charge in [0, 0.05) is 19.6 Å². The second-order valence-electron chi connectivity index (χ2n) is 5.78. The van der Waals surface area contributed by atoms with Crippen LogP contribution in [0.15, 0.2) is 35.5 Å². The summed E-state index contributed by atoms with van der Waals surface area (Å²) in [6.07, 6.45) is 7.23. The van der Waals surface area contributed by atoms with E-state index < -0.39 is 0 Å². The lowest BCUT2D eigenvalue weighted by Gasteiger charge is -2.31. The Bertz CT molecular complexity index is 607. The van der Waals surface area contributed by atoms with Crippen LogP contribution in [0.1, 0.15) is 23.4 Å². The van der Waals surface area contributed by atoms with Gasteiger partial charge in [-0.05, 0) is 44.0 Å². The van der Waals surface area contributed by atoms with Crippen LogP contribution in [0.2, 0.25) is 0 Å². The molecule has 0 aromatic carbocycles. The van der Waals surface area contributed by atoms with Gasteiger partial charge in [0.1, 0.15) is 12.7 Å². The molecule has 9 heteroatoms. The largest absolute Gasteiger partial charge is 0.483 e. The molecule has 0 unspecified atom stereocenters. The smallest absolute Gasteiger partial charge is 0.290 e. The third-order valence-corrected chi connectivity index (χ3v) is 4.14. The van der Waals surface area contributed by atoms with Crippen LogP contribution < -0.4 is 5.32 Å². The molecule has 1 saturated heterocycles. The van der Waals surface area contributed by atoms with Crippen LogP contribution in [-0.2, 0) is 11.3 Å². The number of rotatable bonds is 6. The number of carbonyl (C=O) groups is 2. The van der Waals surface area contributed by atoms with E-state index >= 15 is 0 Å². The summed E-state index contributed by atoms with van der Waals surface area (Å²) in [7, 11) is 0. The second kappa shape index (κ2) is 10.2. The molecule has 9 nitrogen and oxygen atoms in total. The summed E-state index contributed by atoms with van der Waals surface area (Å²) >= 11 is 0. The first-order valence-corrected chi connectivity index (χ1v) is 8.17. The maximum atomic E-state index is 11.8. The van der Waals surface area contributed by atoms with Crippen molar-refractivity contribution in [3.63, 3.8) is 0 Å². The number of carboxylic acid groups (broad SMARTS) is 1. The van der Waals surface area contributed by atoms with Crippen LogP contribution in [0.25, 0.3) is 0 Å². The van der Waals surface area contributed by atoms with Crippen molar-refractivity contribution in [1.82, 2.24) is 25.0 Å². The standard InChI is InChI=1S/C15H21N5O2.CH2O2/c21-15(14-2-1-9-22-14)16-10-13-3-5-19(6-4-13)7-8-20-11-17-18-12-20;2-1-3/h1-2,9,11-13H,3-8,10H2,(H,16,21);1H,(H,2,3). The monoisotopic (exact) mass is 349 g/mol. The topological polar surface area (TPSA) is 113 Å². The zero-order valence-corrected chi connectivity index (χ0v) is 14.0. The Hall–Kier alpha value is -2.68. The van der Waals surface area contributed by atoms with E-state index in [0.29, 0.717) is 11.7 Å². The van der Waals surface area contributed by atoms with E-state index in [0.717, 1.165) is 45.6 Å². The van der Waals surface area contributed by atoms with E-state index in [4.69, 9.17) is 14.3 Å². The van der Waals surface area contributed by atoms with Crippen LogP contribution in [0.4, 0.5) is 0 Å². The fourth-order valence-corrected chi connectivity index (χ4v) is 2.74. The average Bonchev–Trinajstić information content (AvgIpc) is 3.33. The highest BCUT2D eigenvalue weighted by molar-refractivity contribution is 5.91. The molecule has 2 aromatic heterocycles. The number of aromatic nitrogens is 3. The van der Waals surface area contributed by atoms with E-state index in [1.54, 1.807) is 24.8 Å². The predicted octanol–water partition coefficient (Wildman–Crippen LogP) is 0.714. The van der Waals surface area contributed by atoms with Gasteiger partial charge in [0.2, 0.25) is 0 Å². The maximum Gasteiger partial charge on any atom is 0.290 e. The van der Waals surface area contributed by atoms with Crippen molar-refractivity contribution in [2.45, 2.75) is 19.4 Å². The molecule has 25 heavy (non-hydrogen) atoms. The first-order valence-electron chi connectivity index (χ1n) is 8.17. The molecule has 1 fully saturated rings. The van der Waals surface area contributed by atoms with Gasteiger partial charge in [0.25, 0.3) is 12.4 Å². The van der Waals surface area contributed by atoms with Crippen LogP contribution in [-0.4, -0.2) is 63.3 Å². The van der Waals surface area contributed by atoms with Gasteiger partial charge in [0.15, 0.2) is 5.76 Å². The molecule has 2 N–H and O–H groups in total. The molecule has 136 valence electrons. The number of nitrogens with zero attached hydrogens (tertiary/aromatic N) is 4. The number of piperidine rings is 1. The molecule has 1 aliphatic heterocycles. The minimum absolute atomic E-state index is 0.125. The minimum atomic E-state index is -0.250. The van der Waals surface area contributed by atoms with E-state index in [1.807, 2.05) is 4.57 Å². The summed E-state index contributed by atoms with van der Waals surface area (Å²) in [5.74, 6) is 0.802. The van der Waals surface area contributed by atoms with Gasteiger partial charge in [0.05, 0.1) is 6.26 Å². The molecular formula is C16H23N5O4. The van der Waals surface area contributed by atoms with E-state index in [2.05, 4.69) is 20.4 Å². The van der Waals surface area contributed by atoms with E-state index in [-0.39, 0.29) is 12.4 Å². The molecule has 3 rings (SSSR count). The van der Waals surface area contributed by atoms with Gasteiger partial charge in [-0.2, -0.15) is 0 Å². The number of hydrogen-bond acceptors (Lipinski definition) is 6. The van der Waals surface area contributed by atoms with Gasteiger partial charge >= 0.3 is 0 Å². The molecule has 0 bridgehead atoms. The zero-order chi connectivity index (χ0) is 17.9. The Morgan fingerprint density at radius 2 is 2.00 bits per heavy atom. The summed E-state index contributed by atoms with van der Waals surface area (Å²) in [6.45, 7) is 4.56. The number of carbonyl (C=O) groups excluding carboxylic acids is 1. The number of hydrogen-bond donors (Lipinski definition) is 2. The third-order valence-electron chi connectivity index (χ3n) is 4.14. The molecule has 1 amide bonds. The lowest BCUT2D eigenvalue weighted by atomic mass is 9.97. The fourth-order valence-electron chi connectivity index (χ4n) is 2.74. The minimum Gasteiger partial charge on any atom is -0.483 e. The van der Waals surface area contributed by atoms with Gasteiger partial charge in [-0.1, -0.05) is 0 Å². The number of furan rings is 1. The van der Waals surface area contributed by atoms with E-state index in [9.17, 15) is 4.79 Å². The molecule has 0 radical (unpaired) electrons. The van der Waals surface area contributed by atoms with Crippen molar-refractivity contribution in [2.24, 2.45) is 5.92 Å². The number of nitrogens with one attached hydrogen (secondary N) is 1. The Labute approximate surface area is 145 Å². The highest BCUT2D eigenvalue weighted by Gasteiger charge is 2.20. The van der Waals surface area contributed by atoms with Crippen LogP contribution in [0, 0.1) is 5.92 Å². The number of amides is 1. The molecule has 0 spiro atoms. The lowest BCUT2D eigenvalue weighted by molar-refractivity contribution is -0.122. The zero-order valence-electron chi connectivity index (χ0n) is 14.0. The quantitative estimate of drug-likeness (QED) is 0.738. The van der Waals surface area contributed by atoms with E-state index in [1.165, 1.54) is 6.26 Å². The Kier molecular flexibility index (Phi) is 7.64. The average molecular weight is 349 g/mol. The van der Waals surface area contributed by atoms with Crippen molar-refractivity contribution in [3.05, 3.63) is 36.8 Å². The van der Waals surface area contributed by atoms with Crippen molar-refractivity contribution >= 4 is 12.4 Å². The van der Waals surface area contributed by atoms with Crippen molar-refractivity contribution in [3.8, 4) is 0 Å². The van der Waals surface area contributed by atoms with Gasteiger partial charge in [-0.15, -0.1) is 10.2 Å². The molecule has 0 aliphatic carbocycles. The first-order chi connectivity index (χ1) is 12.2. The van der Waals surface area contributed by atoms with Crippen LogP contribution in [0.5, 0.6) is 0 Å². The summed E-state index contributed by atoms with van der Waals surface area (Å²) in [4.78, 5) is 22.6. The van der Waals surface area contributed by atoms with Gasteiger partial charge in [-0.3, -0.25) is 9.59 Å². The van der Waals surface area contributed by atoms with Crippen LogP contribution in [0.3, 0.4) is 0 Å². The highest BCUT2D eigenvalue weighted by atomic mass is 16.3. The molecule has 0 atom stereocenters. The molecule has 1 aliphatic rings. The Balaban J connectivity index is 0.000000701. The predicted molar refractivity (Wildman–Crippen MR) is 88.9 cm³/mol. The maximum absolute atomic E-state index is 11.8. The third kappa shape index (κ3) is 6.38. The summed E-state index contributed by atoms with van der Waals surface area (Å²) in [5, 5.41) is 17.5.